The zero-order chi connectivity index (χ0) is 12.1. The summed E-state index contributed by atoms with van der Waals surface area (Å²) in [4.78, 5) is 8.80. The van der Waals surface area contributed by atoms with Crippen LogP contribution in [-0.2, 0) is 18.1 Å². The number of hydrogen-bond acceptors (Lipinski definition) is 5. The van der Waals surface area contributed by atoms with E-state index in [4.69, 9.17) is 22.2 Å². The Hall–Kier alpha value is -1.14. The van der Waals surface area contributed by atoms with Crippen LogP contribution < -0.4 is 10.6 Å². The van der Waals surface area contributed by atoms with Crippen LogP contribution in [-0.4, -0.2) is 4.98 Å². The van der Waals surface area contributed by atoms with Gasteiger partial charge >= 0.3 is 0 Å². The van der Waals surface area contributed by atoms with Crippen molar-refractivity contribution in [1.29, 1.82) is 0 Å². The van der Waals surface area contributed by atoms with E-state index < -0.39 is 0 Å². The first-order valence-corrected chi connectivity index (χ1v) is 6.17. The average Bonchev–Trinajstić information content (AvgIpc) is 2.77. The van der Waals surface area contributed by atoms with Gasteiger partial charge in [0.15, 0.2) is 0 Å². The molecule has 0 fully saturated rings. The van der Waals surface area contributed by atoms with E-state index in [-0.39, 0.29) is 0 Å². The topological polar surface area (TPSA) is 57.4 Å². The van der Waals surface area contributed by atoms with Gasteiger partial charge in [0, 0.05) is 10.4 Å². The number of thiazole rings is 1. The van der Waals surface area contributed by atoms with Crippen molar-refractivity contribution in [1.82, 2.24) is 4.98 Å². The molecule has 90 valence electrons. The molecule has 2 N–H and O–H groups in total. The Kier molecular flexibility index (Phi) is 4.33. The Morgan fingerprint density at radius 3 is 2.71 bits per heavy atom. The Bertz CT molecular complexity index is 473. The number of benzene rings is 1. The summed E-state index contributed by atoms with van der Waals surface area (Å²) in [5.41, 5.74) is 0.812. The summed E-state index contributed by atoms with van der Waals surface area (Å²) in [5.74, 6) is 5.73. The number of rotatable bonds is 5. The molecule has 0 aliphatic heterocycles. The SMILES string of the molecule is NOCc1csc(COc2ccc(Cl)cc2)n1. The summed E-state index contributed by atoms with van der Waals surface area (Å²) < 4.78 is 5.56. The quantitative estimate of drug-likeness (QED) is 0.849. The third-order valence-corrected chi connectivity index (χ3v) is 3.13. The summed E-state index contributed by atoms with van der Waals surface area (Å²) in [6.07, 6.45) is 0. The molecule has 0 spiro atoms. The number of hydrogen-bond donors (Lipinski definition) is 1. The van der Waals surface area contributed by atoms with Gasteiger partial charge in [-0.15, -0.1) is 11.3 Å². The highest BCUT2D eigenvalue weighted by molar-refractivity contribution is 7.09. The van der Waals surface area contributed by atoms with Crippen LogP contribution in [0.5, 0.6) is 5.75 Å². The van der Waals surface area contributed by atoms with Crippen molar-refractivity contribution < 1.29 is 9.57 Å². The van der Waals surface area contributed by atoms with Crippen LogP contribution >= 0.6 is 22.9 Å². The molecule has 4 nitrogen and oxygen atoms in total. The molecule has 0 saturated heterocycles. The van der Waals surface area contributed by atoms with E-state index in [1.54, 1.807) is 12.1 Å². The van der Waals surface area contributed by atoms with Crippen LogP contribution in [0.1, 0.15) is 10.7 Å². The molecule has 0 unspecified atom stereocenters. The summed E-state index contributed by atoms with van der Waals surface area (Å²) in [6, 6.07) is 7.21. The van der Waals surface area contributed by atoms with Crippen molar-refractivity contribution in [2.75, 3.05) is 0 Å². The van der Waals surface area contributed by atoms with Gasteiger partial charge in [0.2, 0.25) is 0 Å². The van der Waals surface area contributed by atoms with Crippen molar-refractivity contribution in [3.63, 3.8) is 0 Å². The lowest BCUT2D eigenvalue weighted by Crippen LogP contribution is -2.00. The van der Waals surface area contributed by atoms with Crippen LogP contribution in [0.15, 0.2) is 29.6 Å². The van der Waals surface area contributed by atoms with Crippen molar-refractivity contribution in [3.8, 4) is 5.75 Å². The molecule has 6 heteroatoms. The largest absolute Gasteiger partial charge is 0.486 e. The zero-order valence-corrected chi connectivity index (χ0v) is 10.5. The molecular weight excluding hydrogens is 260 g/mol. The van der Waals surface area contributed by atoms with Gasteiger partial charge in [-0.1, -0.05) is 11.6 Å². The zero-order valence-electron chi connectivity index (χ0n) is 8.93. The highest BCUT2D eigenvalue weighted by Crippen LogP contribution is 2.18. The maximum Gasteiger partial charge on any atom is 0.140 e. The molecule has 0 radical (unpaired) electrons. The molecule has 2 rings (SSSR count). The summed E-state index contributed by atoms with van der Waals surface area (Å²) in [7, 11) is 0. The number of nitrogens with two attached hydrogens (primary N) is 1. The van der Waals surface area contributed by atoms with Crippen LogP contribution in [0.2, 0.25) is 5.02 Å². The summed E-state index contributed by atoms with van der Waals surface area (Å²) in [6.45, 7) is 0.744. The van der Waals surface area contributed by atoms with Gasteiger partial charge in [0.1, 0.15) is 24.0 Å². The molecule has 0 atom stereocenters. The van der Waals surface area contributed by atoms with E-state index >= 15 is 0 Å². The molecule has 0 aliphatic carbocycles. The molecule has 1 aromatic heterocycles. The van der Waals surface area contributed by atoms with Gasteiger partial charge in [-0.05, 0) is 24.3 Å². The van der Waals surface area contributed by atoms with Crippen LogP contribution in [0.25, 0.3) is 0 Å². The maximum atomic E-state index is 5.78. The monoisotopic (exact) mass is 270 g/mol. The first-order chi connectivity index (χ1) is 8.28. The number of halogens is 1. The van der Waals surface area contributed by atoms with E-state index in [0.29, 0.717) is 18.2 Å². The summed E-state index contributed by atoms with van der Waals surface area (Å²) >= 11 is 7.29. The van der Waals surface area contributed by atoms with Crippen LogP contribution in [0.3, 0.4) is 0 Å². The number of aromatic nitrogens is 1. The van der Waals surface area contributed by atoms with Gasteiger partial charge < -0.3 is 4.74 Å². The van der Waals surface area contributed by atoms with Gasteiger partial charge in [-0.25, -0.2) is 10.9 Å². The van der Waals surface area contributed by atoms with Gasteiger partial charge in [0.25, 0.3) is 0 Å². The predicted octanol–water partition coefficient (Wildman–Crippen LogP) is 2.77. The molecular formula is C11H11ClN2O2S. The van der Waals surface area contributed by atoms with Crippen molar-refractivity contribution >= 4 is 22.9 Å². The van der Waals surface area contributed by atoms with E-state index in [2.05, 4.69) is 9.82 Å². The van der Waals surface area contributed by atoms with Gasteiger partial charge in [-0.3, -0.25) is 4.84 Å². The van der Waals surface area contributed by atoms with E-state index in [1.807, 2.05) is 17.5 Å². The van der Waals surface area contributed by atoms with Crippen molar-refractivity contribution in [2.24, 2.45) is 5.90 Å². The van der Waals surface area contributed by atoms with Crippen LogP contribution in [0.4, 0.5) is 0 Å². The lowest BCUT2D eigenvalue weighted by atomic mass is 10.3. The third-order valence-electron chi connectivity index (χ3n) is 2.01. The number of nitrogens with zero attached hydrogens (tertiary/aromatic N) is 1. The fraction of sp³-hybridized carbons (Fsp3) is 0.182. The van der Waals surface area contributed by atoms with Crippen molar-refractivity contribution in [3.05, 3.63) is 45.4 Å². The smallest absolute Gasteiger partial charge is 0.140 e. The first-order valence-electron chi connectivity index (χ1n) is 4.91. The maximum absolute atomic E-state index is 5.78. The molecule has 0 amide bonds. The van der Waals surface area contributed by atoms with Crippen LogP contribution in [0, 0.1) is 0 Å². The minimum Gasteiger partial charge on any atom is -0.486 e. The Balaban J connectivity index is 1.90. The molecule has 1 aromatic carbocycles. The first kappa shape index (κ1) is 12.3. The Morgan fingerprint density at radius 1 is 1.24 bits per heavy atom. The summed E-state index contributed by atoms with van der Waals surface area (Å²) in [5, 5.41) is 3.47. The molecule has 0 aliphatic rings. The molecule has 1 heterocycles. The average molecular weight is 271 g/mol. The highest BCUT2D eigenvalue weighted by Gasteiger charge is 2.03. The number of ether oxygens (including phenoxy) is 1. The second kappa shape index (κ2) is 5.97. The lowest BCUT2D eigenvalue weighted by molar-refractivity contribution is 0.121. The second-order valence-corrected chi connectivity index (χ2v) is 4.67. The van der Waals surface area contributed by atoms with Crippen molar-refractivity contribution in [2.45, 2.75) is 13.2 Å². The minimum atomic E-state index is 0.317. The Labute approximate surface area is 108 Å². The lowest BCUT2D eigenvalue weighted by Gasteiger charge is -2.03. The second-order valence-electron chi connectivity index (χ2n) is 3.29. The standard InChI is InChI=1S/C11H11ClN2O2S/c12-8-1-3-10(4-2-8)15-6-11-14-9(5-16-13)7-17-11/h1-4,7H,5-6,13H2. The fourth-order valence-corrected chi connectivity index (χ4v) is 2.06. The van der Waals surface area contributed by atoms with Gasteiger partial charge in [0.05, 0.1) is 5.69 Å². The third kappa shape index (κ3) is 3.67. The molecule has 17 heavy (non-hydrogen) atoms. The van der Waals surface area contributed by atoms with Gasteiger partial charge in [-0.2, -0.15) is 0 Å². The molecule has 2 aromatic rings. The predicted molar refractivity (Wildman–Crippen MR) is 66.9 cm³/mol. The van der Waals surface area contributed by atoms with E-state index in [9.17, 15) is 0 Å². The molecule has 0 saturated carbocycles. The normalized spacial score (nSPS) is 10.5. The molecule has 0 bridgehead atoms. The van der Waals surface area contributed by atoms with E-state index in [1.165, 1.54) is 11.3 Å². The fourth-order valence-electron chi connectivity index (χ4n) is 1.24. The van der Waals surface area contributed by atoms with E-state index in [0.717, 1.165) is 16.5 Å². The Morgan fingerprint density at radius 2 is 2.00 bits per heavy atom. The highest BCUT2D eigenvalue weighted by atomic mass is 35.5. The minimum absolute atomic E-state index is 0.317.